The number of nitrogen functional groups attached to an aromatic ring is 1. The van der Waals surface area contributed by atoms with Gasteiger partial charge in [0.1, 0.15) is 24.0 Å². The van der Waals surface area contributed by atoms with E-state index in [0.29, 0.717) is 25.3 Å². The Kier molecular flexibility index (Phi) is 3.80. The summed E-state index contributed by atoms with van der Waals surface area (Å²) in [5.41, 5.74) is 8.15. The number of H-pyrrole nitrogens is 1. The quantitative estimate of drug-likeness (QED) is 0.569. The second-order valence-electron chi connectivity index (χ2n) is 6.29. The van der Waals surface area contributed by atoms with Gasteiger partial charge in [0.15, 0.2) is 0 Å². The number of para-hydroxylation sites is 1. The van der Waals surface area contributed by atoms with Crippen LogP contribution in [0.2, 0.25) is 0 Å². The Hall–Kier alpha value is -3.02. The maximum atomic E-state index is 13.3. The number of nitrogens with one attached hydrogen (secondary N) is 1. The highest BCUT2D eigenvalue weighted by molar-refractivity contribution is 5.85. The normalized spacial score (nSPS) is 17.9. The van der Waals surface area contributed by atoms with Gasteiger partial charge < -0.3 is 25.3 Å². The molecule has 2 aromatic carbocycles. The van der Waals surface area contributed by atoms with E-state index in [1.807, 2.05) is 29.2 Å². The number of rotatable bonds is 3. The third-order valence-corrected chi connectivity index (χ3v) is 4.73. The lowest BCUT2D eigenvalue weighted by Crippen LogP contribution is -2.54. The molecule has 128 valence electrons. The number of aromatic amines is 1. The van der Waals surface area contributed by atoms with Gasteiger partial charge >= 0.3 is 0 Å². The number of aldehydes is 1. The first-order valence-electron chi connectivity index (χ1n) is 8.25. The fourth-order valence-corrected chi connectivity index (χ4v) is 3.47. The van der Waals surface area contributed by atoms with Crippen LogP contribution in [0.1, 0.15) is 0 Å². The lowest BCUT2D eigenvalue weighted by Gasteiger charge is -2.41. The summed E-state index contributed by atoms with van der Waals surface area (Å²) in [4.78, 5) is 19.2. The van der Waals surface area contributed by atoms with Crippen LogP contribution in [0, 0.1) is 5.82 Å². The Balaban J connectivity index is 1.60. The summed E-state index contributed by atoms with van der Waals surface area (Å²) in [6.07, 6.45) is 0.956. The zero-order valence-electron chi connectivity index (χ0n) is 13.7. The molecule has 1 aliphatic rings. The predicted octanol–water partition coefficient (Wildman–Crippen LogP) is 2.78. The smallest absolute Gasteiger partial charge is 0.144 e. The van der Waals surface area contributed by atoms with Crippen molar-refractivity contribution in [3.05, 3.63) is 54.3 Å². The number of hydrogen-bond acceptors (Lipinski definition) is 4. The Morgan fingerprint density at radius 3 is 2.76 bits per heavy atom. The highest BCUT2D eigenvalue weighted by Gasteiger charge is 2.28. The average molecular weight is 338 g/mol. The topological polar surface area (TPSA) is 65.4 Å². The number of nitrogens with two attached hydrogens (primary N) is 1. The van der Waals surface area contributed by atoms with Crippen molar-refractivity contribution in [1.82, 2.24) is 4.98 Å². The van der Waals surface area contributed by atoms with Gasteiger partial charge in [-0.3, -0.25) is 0 Å². The summed E-state index contributed by atoms with van der Waals surface area (Å²) >= 11 is 0. The number of aromatic nitrogens is 1. The number of fused-ring (bicyclic) bond motifs is 1. The van der Waals surface area contributed by atoms with E-state index in [4.69, 9.17) is 5.73 Å². The molecule has 0 radical (unpaired) electrons. The van der Waals surface area contributed by atoms with E-state index in [1.165, 1.54) is 12.1 Å². The standard InChI is InChI=1S/C19H19FN4O/c20-14-5-6-18(16(21)10-14)23-7-8-24(15(11-23)12-25)19-9-13-3-1-2-4-17(13)22-19/h1-6,9-10,12,15,22H,7-8,11,21H2. The number of halogens is 1. The molecule has 0 aliphatic carbocycles. The fourth-order valence-electron chi connectivity index (χ4n) is 3.47. The summed E-state index contributed by atoms with van der Waals surface area (Å²) in [6.45, 7) is 1.89. The highest BCUT2D eigenvalue weighted by atomic mass is 19.1. The number of benzene rings is 2. The van der Waals surface area contributed by atoms with E-state index < -0.39 is 0 Å². The van der Waals surface area contributed by atoms with Crippen molar-refractivity contribution in [1.29, 1.82) is 0 Å². The Morgan fingerprint density at radius 2 is 2.00 bits per heavy atom. The summed E-state index contributed by atoms with van der Waals surface area (Å²) in [7, 11) is 0. The van der Waals surface area contributed by atoms with E-state index in [2.05, 4.69) is 16.0 Å². The van der Waals surface area contributed by atoms with E-state index in [0.717, 1.165) is 28.7 Å². The molecule has 1 atom stereocenters. The summed E-state index contributed by atoms with van der Waals surface area (Å²) in [5, 5.41) is 1.12. The van der Waals surface area contributed by atoms with Gasteiger partial charge in [0, 0.05) is 30.5 Å². The van der Waals surface area contributed by atoms with Crippen LogP contribution in [0.25, 0.3) is 10.9 Å². The third kappa shape index (κ3) is 2.80. The number of piperazine rings is 1. The van der Waals surface area contributed by atoms with Crippen LogP contribution in [0.5, 0.6) is 0 Å². The molecule has 1 fully saturated rings. The van der Waals surface area contributed by atoms with E-state index >= 15 is 0 Å². The summed E-state index contributed by atoms with van der Waals surface area (Å²) < 4.78 is 13.3. The second-order valence-corrected chi connectivity index (χ2v) is 6.29. The number of carbonyl (C=O) groups excluding carboxylic acids is 1. The van der Waals surface area contributed by atoms with Gasteiger partial charge in [0.05, 0.1) is 11.4 Å². The Morgan fingerprint density at radius 1 is 1.16 bits per heavy atom. The van der Waals surface area contributed by atoms with Gasteiger partial charge in [-0.1, -0.05) is 18.2 Å². The SMILES string of the molecule is Nc1cc(F)ccc1N1CCN(c2cc3ccccc3[nH]2)C(C=O)C1. The molecule has 5 nitrogen and oxygen atoms in total. The first-order valence-corrected chi connectivity index (χ1v) is 8.25. The molecule has 1 aliphatic heterocycles. The monoisotopic (exact) mass is 338 g/mol. The van der Waals surface area contributed by atoms with Crippen LogP contribution in [0.15, 0.2) is 48.5 Å². The van der Waals surface area contributed by atoms with Gasteiger partial charge in [0.25, 0.3) is 0 Å². The van der Waals surface area contributed by atoms with E-state index in [1.54, 1.807) is 6.07 Å². The first kappa shape index (κ1) is 15.5. The van der Waals surface area contributed by atoms with Gasteiger partial charge in [0.2, 0.25) is 0 Å². The maximum absolute atomic E-state index is 13.3. The van der Waals surface area contributed by atoms with Crippen LogP contribution in [0.3, 0.4) is 0 Å². The molecule has 25 heavy (non-hydrogen) atoms. The molecule has 0 bridgehead atoms. The van der Waals surface area contributed by atoms with Crippen LogP contribution in [-0.4, -0.2) is 36.9 Å². The maximum Gasteiger partial charge on any atom is 0.144 e. The van der Waals surface area contributed by atoms with Crippen LogP contribution in [0.4, 0.5) is 21.6 Å². The second kappa shape index (κ2) is 6.12. The highest BCUT2D eigenvalue weighted by Crippen LogP contribution is 2.29. The molecule has 1 aromatic heterocycles. The molecule has 3 N–H and O–H groups in total. The molecule has 0 saturated carbocycles. The van der Waals surface area contributed by atoms with Crippen molar-refractivity contribution >= 4 is 34.4 Å². The van der Waals surface area contributed by atoms with Crippen molar-refractivity contribution in [2.75, 3.05) is 35.2 Å². The number of anilines is 3. The van der Waals surface area contributed by atoms with Crippen molar-refractivity contribution in [2.45, 2.75) is 6.04 Å². The van der Waals surface area contributed by atoms with Crippen molar-refractivity contribution in [3.8, 4) is 0 Å². The van der Waals surface area contributed by atoms with Gasteiger partial charge in [-0.2, -0.15) is 0 Å². The predicted molar refractivity (Wildman–Crippen MR) is 98.5 cm³/mol. The average Bonchev–Trinajstić information content (AvgIpc) is 3.05. The minimum Gasteiger partial charge on any atom is -0.397 e. The first-order chi connectivity index (χ1) is 12.2. The minimum absolute atomic E-state index is 0.300. The lowest BCUT2D eigenvalue weighted by molar-refractivity contribution is -0.108. The molecular weight excluding hydrogens is 319 g/mol. The molecule has 6 heteroatoms. The number of hydrogen-bond donors (Lipinski definition) is 2. The van der Waals surface area contributed by atoms with Crippen LogP contribution >= 0.6 is 0 Å². The molecule has 2 heterocycles. The summed E-state index contributed by atoms with van der Waals surface area (Å²) in [5.74, 6) is 0.579. The largest absolute Gasteiger partial charge is 0.397 e. The molecular formula is C19H19FN4O. The molecule has 1 saturated heterocycles. The van der Waals surface area contributed by atoms with Gasteiger partial charge in [-0.05, 0) is 30.3 Å². The van der Waals surface area contributed by atoms with Crippen LogP contribution in [-0.2, 0) is 4.79 Å². The molecule has 0 spiro atoms. The van der Waals surface area contributed by atoms with Crippen molar-refractivity contribution in [3.63, 3.8) is 0 Å². The van der Waals surface area contributed by atoms with Gasteiger partial charge in [-0.25, -0.2) is 4.39 Å². The summed E-state index contributed by atoms with van der Waals surface area (Å²) in [6, 6.07) is 14.2. The van der Waals surface area contributed by atoms with E-state index in [9.17, 15) is 9.18 Å². The van der Waals surface area contributed by atoms with Crippen molar-refractivity contribution < 1.29 is 9.18 Å². The van der Waals surface area contributed by atoms with Gasteiger partial charge in [-0.15, -0.1) is 0 Å². The Labute approximate surface area is 144 Å². The molecule has 0 amide bonds. The third-order valence-electron chi connectivity index (χ3n) is 4.73. The Bertz CT molecular complexity index is 890. The molecule has 1 unspecified atom stereocenters. The lowest BCUT2D eigenvalue weighted by atomic mass is 10.1. The number of carbonyl (C=O) groups is 1. The zero-order chi connectivity index (χ0) is 17.4. The fraction of sp³-hybridized carbons (Fsp3) is 0.211. The van der Waals surface area contributed by atoms with Crippen molar-refractivity contribution in [2.24, 2.45) is 0 Å². The molecule has 3 aromatic rings. The zero-order valence-corrected chi connectivity index (χ0v) is 13.7. The minimum atomic E-state index is -0.357. The number of nitrogens with zero attached hydrogens (tertiary/aromatic N) is 2. The van der Waals surface area contributed by atoms with Crippen LogP contribution < -0.4 is 15.5 Å². The van der Waals surface area contributed by atoms with E-state index in [-0.39, 0.29) is 11.9 Å². The molecule has 4 rings (SSSR count).